The van der Waals surface area contributed by atoms with Gasteiger partial charge in [-0.3, -0.25) is 0 Å². The van der Waals surface area contributed by atoms with Crippen LogP contribution in [0, 0.1) is 6.92 Å². The lowest BCUT2D eigenvalue weighted by Gasteiger charge is -2.05. The molecule has 0 aliphatic rings. The maximum Gasteiger partial charge on any atom is 0.119 e. The normalized spacial score (nSPS) is 9.29. The number of aryl methyl sites for hydroxylation is 1. The second kappa shape index (κ2) is 8.22. The molecule has 0 bridgehead atoms. The van der Waals surface area contributed by atoms with E-state index in [1.54, 1.807) is 0 Å². The summed E-state index contributed by atoms with van der Waals surface area (Å²) in [4.78, 5) is 0. The Morgan fingerprint density at radius 2 is 1.79 bits per heavy atom. The Morgan fingerprint density at radius 3 is 2.36 bits per heavy atom. The van der Waals surface area contributed by atoms with E-state index >= 15 is 0 Å². The lowest BCUT2D eigenvalue weighted by molar-refractivity contribution is 0.266. The minimum absolute atomic E-state index is 0. The minimum atomic E-state index is 0. The fraction of sp³-hybridized carbons (Fsp3) is 0.400. The van der Waals surface area contributed by atoms with E-state index in [1.807, 2.05) is 24.3 Å². The molecule has 0 aliphatic carbocycles. The number of hydrogen-bond donors (Lipinski definition) is 0. The summed E-state index contributed by atoms with van der Waals surface area (Å²) in [7, 11) is 2.23. The van der Waals surface area contributed by atoms with Gasteiger partial charge in [0.2, 0.25) is 0 Å². The number of hydrogen-bond acceptors (Lipinski definition) is 2. The van der Waals surface area contributed by atoms with Crippen molar-refractivity contribution in [2.24, 2.45) is 0 Å². The molecule has 80 valence electrons. The van der Waals surface area contributed by atoms with Crippen LogP contribution >= 0.6 is 26.4 Å². The molecule has 0 N–H and O–H groups in total. The van der Waals surface area contributed by atoms with Gasteiger partial charge in [0.15, 0.2) is 0 Å². The predicted octanol–water partition coefficient (Wildman–Crippen LogP) is 3.15. The van der Waals surface area contributed by atoms with Crippen molar-refractivity contribution in [3.05, 3.63) is 29.8 Å². The van der Waals surface area contributed by atoms with Crippen LogP contribution in [-0.2, 0) is 4.52 Å². The van der Waals surface area contributed by atoms with Crippen molar-refractivity contribution in [2.45, 2.75) is 13.3 Å². The van der Waals surface area contributed by atoms with Crippen LogP contribution in [0.25, 0.3) is 0 Å². The van der Waals surface area contributed by atoms with Gasteiger partial charge in [-0.2, -0.15) is 0 Å². The molecule has 2 nitrogen and oxygen atoms in total. The lowest BCUT2D eigenvalue weighted by atomic mass is 10.2. The first-order chi connectivity index (χ1) is 6.33. The zero-order valence-electron chi connectivity index (χ0n) is 8.23. The summed E-state index contributed by atoms with van der Waals surface area (Å²) in [5, 5.41) is 0. The summed E-state index contributed by atoms with van der Waals surface area (Å²) in [6.45, 7) is 3.49. The van der Waals surface area contributed by atoms with Crippen molar-refractivity contribution in [1.82, 2.24) is 0 Å². The molecule has 0 aliphatic heterocycles. The fourth-order valence-electron chi connectivity index (χ4n) is 0.967. The van der Waals surface area contributed by atoms with E-state index in [9.17, 15) is 0 Å². The van der Waals surface area contributed by atoms with Crippen LogP contribution in [0.3, 0.4) is 0 Å². The summed E-state index contributed by atoms with van der Waals surface area (Å²) in [6.07, 6.45) is 0.914. The van der Waals surface area contributed by atoms with Crippen LogP contribution in [0.1, 0.15) is 12.0 Å². The van der Waals surface area contributed by atoms with Crippen LogP contribution in [0.4, 0.5) is 0 Å². The van der Waals surface area contributed by atoms with Crippen molar-refractivity contribution in [3.8, 4) is 5.75 Å². The summed E-state index contributed by atoms with van der Waals surface area (Å²) in [5.41, 5.74) is 1.25. The summed E-state index contributed by atoms with van der Waals surface area (Å²) >= 11 is 0. The molecule has 0 aromatic heterocycles. The van der Waals surface area contributed by atoms with Crippen LogP contribution < -0.4 is 4.74 Å². The second-order valence-electron chi connectivity index (χ2n) is 2.89. The second-order valence-corrected chi connectivity index (χ2v) is 3.22. The molecule has 0 heterocycles. The maximum absolute atomic E-state index is 5.47. The molecule has 1 unspecified atom stereocenters. The highest BCUT2D eigenvalue weighted by atomic mass is 79.9. The number of ether oxygens (including phenoxy) is 1. The van der Waals surface area contributed by atoms with Gasteiger partial charge in [-0.25, -0.2) is 0 Å². The average molecular weight is 279 g/mol. The number of rotatable bonds is 5. The minimum Gasteiger partial charge on any atom is -0.494 e. The standard InChI is InChI=1S/C10H15O2P.BrH/c1-9-3-5-10(6-4-9)11-7-2-8-12-13;/h3-6H,2,7-8,13H2,1H3;1H. The van der Waals surface area contributed by atoms with Gasteiger partial charge in [0.25, 0.3) is 0 Å². The van der Waals surface area contributed by atoms with E-state index in [0.29, 0.717) is 6.61 Å². The summed E-state index contributed by atoms with van der Waals surface area (Å²) < 4.78 is 10.3. The van der Waals surface area contributed by atoms with Crippen LogP contribution in [0.15, 0.2) is 24.3 Å². The predicted molar refractivity (Wildman–Crippen MR) is 67.3 cm³/mol. The van der Waals surface area contributed by atoms with Crippen molar-refractivity contribution in [1.29, 1.82) is 0 Å². The van der Waals surface area contributed by atoms with Crippen molar-refractivity contribution in [2.75, 3.05) is 13.2 Å². The average Bonchev–Trinajstić information content (AvgIpc) is 2.15. The molecule has 0 saturated heterocycles. The number of benzene rings is 1. The van der Waals surface area contributed by atoms with Crippen LogP contribution in [0.5, 0.6) is 5.75 Å². The first-order valence-electron chi connectivity index (χ1n) is 4.34. The Morgan fingerprint density at radius 1 is 1.14 bits per heavy atom. The molecule has 1 rings (SSSR count). The van der Waals surface area contributed by atoms with Gasteiger partial charge in [0.1, 0.15) is 5.75 Å². The van der Waals surface area contributed by atoms with Gasteiger partial charge in [0, 0.05) is 15.9 Å². The van der Waals surface area contributed by atoms with E-state index in [2.05, 4.69) is 16.4 Å². The van der Waals surface area contributed by atoms with Crippen molar-refractivity contribution in [3.63, 3.8) is 0 Å². The summed E-state index contributed by atoms with van der Waals surface area (Å²) in [5.74, 6) is 0.925. The molecule has 14 heavy (non-hydrogen) atoms. The van der Waals surface area contributed by atoms with Crippen LogP contribution in [-0.4, -0.2) is 13.2 Å². The Hall–Kier alpha value is -0.110. The highest BCUT2D eigenvalue weighted by molar-refractivity contribution is 8.93. The van der Waals surface area contributed by atoms with Gasteiger partial charge in [-0.15, -0.1) is 17.0 Å². The molecule has 0 fully saturated rings. The van der Waals surface area contributed by atoms with Crippen molar-refractivity contribution >= 4 is 26.4 Å². The van der Waals surface area contributed by atoms with Gasteiger partial charge in [-0.1, -0.05) is 17.7 Å². The SMILES string of the molecule is Br.Cc1ccc(OCCCOP)cc1. The van der Waals surface area contributed by atoms with E-state index < -0.39 is 0 Å². The zero-order chi connectivity index (χ0) is 9.52. The first-order valence-corrected chi connectivity index (χ1v) is 4.81. The fourth-order valence-corrected chi connectivity index (χ4v) is 1.13. The van der Waals surface area contributed by atoms with E-state index in [0.717, 1.165) is 18.8 Å². The third kappa shape index (κ3) is 5.58. The molecule has 1 atom stereocenters. The molecule has 1 aromatic rings. The quantitative estimate of drug-likeness (QED) is 0.609. The topological polar surface area (TPSA) is 18.5 Å². The molecule has 1 aromatic carbocycles. The largest absolute Gasteiger partial charge is 0.494 e. The highest BCUT2D eigenvalue weighted by Gasteiger charge is 1.92. The van der Waals surface area contributed by atoms with E-state index in [4.69, 9.17) is 9.26 Å². The Bertz CT molecular complexity index is 238. The van der Waals surface area contributed by atoms with Gasteiger partial charge >= 0.3 is 0 Å². The lowest BCUT2D eigenvalue weighted by Crippen LogP contribution is -1.99. The molecule has 4 heteroatoms. The van der Waals surface area contributed by atoms with Crippen molar-refractivity contribution < 1.29 is 9.26 Å². The highest BCUT2D eigenvalue weighted by Crippen LogP contribution is 2.11. The zero-order valence-corrected chi connectivity index (χ0v) is 11.1. The first kappa shape index (κ1) is 13.9. The maximum atomic E-state index is 5.47. The van der Waals surface area contributed by atoms with Crippen LogP contribution in [0.2, 0.25) is 0 Å². The Labute approximate surface area is 98.0 Å². The van der Waals surface area contributed by atoms with Gasteiger partial charge in [-0.05, 0) is 19.1 Å². The van der Waals surface area contributed by atoms with E-state index in [1.165, 1.54) is 5.56 Å². The molecule has 0 spiro atoms. The number of halogens is 1. The van der Waals surface area contributed by atoms with E-state index in [-0.39, 0.29) is 17.0 Å². The Balaban J connectivity index is 0.00000169. The molecule has 0 amide bonds. The van der Waals surface area contributed by atoms with Gasteiger partial charge < -0.3 is 9.26 Å². The third-order valence-electron chi connectivity index (χ3n) is 1.70. The molecular weight excluding hydrogens is 263 g/mol. The molecule has 0 saturated carbocycles. The van der Waals surface area contributed by atoms with Gasteiger partial charge in [0.05, 0.1) is 13.2 Å². The smallest absolute Gasteiger partial charge is 0.119 e. The third-order valence-corrected chi connectivity index (χ3v) is 1.93. The molecular formula is C10H16BrO2P. The summed E-state index contributed by atoms with van der Waals surface area (Å²) in [6, 6.07) is 8.05. The Kier molecular flexibility index (Phi) is 8.15. The monoisotopic (exact) mass is 278 g/mol. The molecule has 0 radical (unpaired) electrons.